The van der Waals surface area contributed by atoms with Gasteiger partial charge in [-0.3, -0.25) is 9.69 Å². The van der Waals surface area contributed by atoms with E-state index >= 15 is 0 Å². The number of nitrogens with zero attached hydrogens (tertiary/aromatic N) is 1. The lowest BCUT2D eigenvalue weighted by Gasteiger charge is -2.21. The van der Waals surface area contributed by atoms with Gasteiger partial charge in [0.1, 0.15) is 6.04 Å². The highest BCUT2D eigenvalue weighted by Crippen LogP contribution is 2.26. The first-order chi connectivity index (χ1) is 7.95. The van der Waals surface area contributed by atoms with Crippen molar-refractivity contribution in [3.8, 4) is 11.5 Å². The van der Waals surface area contributed by atoms with Gasteiger partial charge >= 0.3 is 5.97 Å². The molecule has 1 aromatic carbocycles. The SMILES string of the molecule is COc1cc(CN(C)C(C)C(=O)O)ccc1O. The highest BCUT2D eigenvalue weighted by atomic mass is 16.5. The van der Waals surface area contributed by atoms with Gasteiger partial charge in [0.25, 0.3) is 0 Å². The molecule has 1 atom stereocenters. The second kappa shape index (κ2) is 5.54. The molecule has 0 heterocycles. The first kappa shape index (κ1) is 13.3. The zero-order valence-corrected chi connectivity index (χ0v) is 10.2. The van der Waals surface area contributed by atoms with E-state index in [9.17, 15) is 9.90 Å². The number of hydrogen-bond donors (Lipinski definition) is 2. The molecule has 0 saturated heterocycles. The molecule has 0 aliphatic rings. The van der Waals surface area contributed by atoms with Gasteiger partial charge in [0, 0.05) is 6.54 Å². The maximum absolute atomic E-state index is 10.8. The highest BCUT2D eigenvalue weighted by Gasteiger charge is 2.17. The van der Waals surface area contributed by atoms with Crippen molar-refractivity contribution < 1.29 is 19.7 Å². The lowest BCUT2D eigenvalue weighted by molar-refractivity contribution is -0.142. The topological polar surface area (TPSA) is 70.0 Å². The van der Waals surface area contributed by atoms with Crippen LogP contribution < -0.4 is 4.74 Å². The van der Waals surface area contributed by atoms with Crippen molar-refractivity contribution in [2.24, 2.45) is 0 Å². The zero-order valence-electron chi connectivity index (χ0n) is 10.2. The summed E-state index contributed by atoms with van der Waals surface area (Å²) in [6.07, 6.45) is 0. The van der Waals surface area contributed by atoms with Gasteiger partial charge in [0.15, 0.2) is 11.5 Å². The Labute approximate surface area is 100 Å². The Hall–Kier alpha value is -1.75. The van der Waals surface area contributed by atoms with Crippen molar-refractivity contribution in [1.29, 1.82) is 0 Å². The van der Waals surface area contributed by atoms with Crippen LogP contribution in [0.1, 0.15) is 12.5 Å². The third-order valence-electron chi connectivity index (χ3n) is 2.69. The van der Waals surface area contributed by atoms with Crippen molar-refractivity contribution in [1.82, 2.24) is 4.90 Å². The third kappa shape index (κ3) is 3.35. The van der Waals surface area contributed by atoms with E-state index in [1.165, 1.54) is 13.2 Å². The lowest BCUT2D eigenvalue weighted by atomic mass is 10.1. The van der Waals surface area contributed by atoms with E-state index in [2.05, 4.69) is 0 Å². The van der Waals surface area contributed by atoms with Gasteiger partial charge in [-0.25, -0.2) is 0 Å². The fourth-order valence-corrected chi connectivity index (χ4v) is 1.43. The molecule has 0 aliphatic heterocycles. The Bertz CT molecular complexity index is 405. The molecule has 1 unspecified atom stereocenters. The standard InChI is InChI=1S/C12H17NO4/c1-8(12(15)16)13(2)7-9-4-5-10(14)11(6-9)17-3/h4-6,8,14H,7H2,1-3H3,(H,15,16). The van der Waals surface area contributed by atoms with Crippen LogP contribution in [0.5, 0.6) is 11.5 Å². The average molecular weight is 239 g/mol. The molecule has 5 nitrogen and oxygen atoms in total. The van der Waals surface area contributed by atoms with Crippen molar-refractivity contribution in [3.05, 3.63) is 23.8 Å². The average Bonchev–Trinajstić information content (AvgIpc) is 2.30. The molecule has 94 valence electrons. The Morgan fingerprint density at radius 2 is 2.18 bits per heavy atom. The highest BCUT2D eigenvalue weighted by molar-refractivity contribution is 5.72. The van der Waals surface area contributed by atoms with Crippen LogP contribution in [0.4, 0.5) is 0 Å². The minimum absolute atomic E-state index is 0.0742. The number of hydrogen-bond acceptors (Lipinski definition) is 4. The molecule has 0 amide bonds. The van der Waals surface area contributed by atoms with Crippen LogP contribution in [0.25, 0.3) is 0 Å². The van der Waals surface area contributed by atoms with Gasteiger partial charge < -0.3 is 14.9 Å². The van der Waals surface area contributed by atoms with E-state index in [4.69, 9.17) is 9.84 Å². The number of likely N-dealkylation sites (N-methyl/N-ethyl adjacent to an activating group) is 1. The molecule has 2 N–H and O–H groups in total. The van der Waals surface area contributed by atoms with Crippen molar-refractivity contribution >= 4 is 5.97 Å². The van der Waals surface area contributed by atoms with Crippen LogP contribution in [0.3, 0.4) is 0 Å². The Morgan fingerprint density at radius 1 is 1.53 bits per heavy atom. The molecule has 0 aliphatic carbocycles. The van der Waals surface area contributed by atoms with E-state index in [1.807, 2.05) is 0 Å². The van der Waals surface area contributed by atoms with Crippen LogP contribution in [0.15, 0.2) is 18.2 Å². The number of phenols is 1. The summed E-state index contributed by atoms with van der Waals surface area (Å²) in [6, 6.07) is 4.41. The van der Waals surface area contributed by atoms with Gasteiger partial charge in [0.2, 0.25) is 0 Å². The van der Waals surface area contributed by atoms with Gasteiger partial charge in [-0.2, -0.15) is 0 Å². The summed E-state index contributed by atoms with van der Waals surface area (Å²) >= 11 is 0. The summed E-state index contributed by atoms with van der Waals surface area (Å²) in [5, 5.41) is 18.3. The van der Waals surface area contributed by atoms with E-state index in [0.717, 1.165) is 5.56 Å². The Morgan fingerprint density at radius 3 is 2.71 bits per heavy atom. The van der Waals surface area contributed by atoms with Crippen LogP contribution in [0, 0.1) is 0 Å². The lowest BCUT2D eigenvalue weighted by Crippen LogP contribution is -2.35. The van der Waals surface area contributed by atoms with E-state index < -0.39 is 12.0 Å². The third-order valence-corrected chi connectivity index (χ3v) is 2.69. The number of carboxylic acid groups (broad SMARTS) is 1. The number of methoxy groups -OCH3 is 1. The second-order valence-electron chi connectivity index (χ2n) is 3.94. The molecular weight excluding hydrogens is 222 g/mol. The first-order valence-electron chi connectivity index (χ1n) is 5.24. The molecular formula is C12H17NO4. The number of aliphatic carboxylic acids is 1. The number of ether oxygens (including phenoxy) is 1. The van der Waals surface area contributed by atoms with E-state index in [-0.39, 0.29) is 5.75 Å². The number of phenolic OH excluding ortho intramolecular Hbond substituents is 1. The molecule has 0 fully saturated rings. The van der Waals surface area contributed by atoms with E-state index in [0.29, 0.717) is 12.3 Å². The maximum Gasteiger partial charge on any atom is 0.320 e. The fraction of sp³-hybridized carbons (Fsp3) is 0.417. The summed E-state index contributed by atoms with van der Waals surface area (Å²) in [5.41, 5.74) is 0.884. The summed E-state index contributed by atoms with van der Waals surface area (Å²) in [4.78, 5) is 12.5. The molecule has 0 spiro atoms. The monoisotopic (exact) mass is 239 g/mol. The minimum atomic E-state index is -0.863. The van der Waals surface area contributed by atoms with Crippen LogP contribution in [-0.2, 0) is 11.3 Å². The minimum Gasteiger partial charge on any atom is -0.504 e. The second-order valence-corrected chi connectivity index (χ2v) is 3.94. The predicted molar refractivity (Wildman–Crippen MR) is 63.2 cm³/mol. The number of rotatable bonds is 5. The largest absolute Gasteiger partial charge is 0.504 e. The van der Waals surface area contributed by atoms with Crippen molar-refractivity contribution in [2.75, 3.05) is 14.2 Å². The smallest absolute Gasteiger partial charge is 0.320 e. The molecule has 0 bridgehead atoms. The van der Waals surface area contributed by atoms with Crippen LogP contribution in [-0.4, -0.2) is 41.3 Å². The first-order valence-corrected chi connectivity index (χ1v) is 5.24. The van der Waals surface area contributed by atoms with Crippen molar-refractivity contribution in [3.63, 3.8) is 0 Å². The Balaban J connectivity index is 2.78. The molecule has 0 aromatic heterocycles. The predicted octanol–water partition coefficient (Wildman–Crippen LogP) is 1.31. The molecule has 1 aromatic rings. The van der Waals surface area contributed by atoms with Crippen LogP contribution in [0.2, 0.25) is 0 Å². The quantitative estimate of drug-likeness (QED) is 0.810. The normalized spacial score (nSPS) is 12.5. The number of carboxylic acids is 1. The number of carbonyl (C=O) groups is 1. The molecule has 0 radical (unpaired) electrons. The van der Waals surface area contributed by atoms with Gasteiger partial charge in [0.05, 0.1) is 7.11 Å². The number of benzene rings is 1. The molecule has 1 rings (SSSR count). The van der Waals surface area contributed by atoms with E-state index in [1.54, 1.807) is 31.0 Å². The number of aromatic hydroxyl groups is 1. The van der Waals surface area contributed by atoms with Gasteiger partial charge in [-0.15, -0.1) is 0 Å². The summed E-state index contributed by atoms with van der Waals surface area (Å²) < 4.78 is 4.99. The summed E-state index contributed by atoms with van der Waals surface area (Å²) in [7, 11) is 3.21. The fourth-order valence-electron chi connectivity index (χ4n) is 1.43. The molecule has 5 heteroatoms. The van der Waals surface area contributed by atoms with Gasteiger partial charge in [-0.1, -0.05) is 6.07 Å². The molecule has 0 saturated carbocycles. The Kier molecular flexibility index (Phi) is 4.34. The summed E-state index contributed by atoms with van der Waals surface area (Å²) in [6.45, 7) is 2.10. The summed E-state index contributed by atoms with van der Waals surface area (Å²) in [5.74, 6) is -0.401. The van der Waals surface area contributed by atoms with Gasteiger partial charge in [-0.05, 0) is 31.7 Å². The maximum atomic E-state index is 10.8. The van der Waals surface area contributed by atoms with Crippen LogP contribution >= 0.6 is 0 Å². The molecule has 17 heavy (non-hydrogen) atoms. The zero-order chi connectivity index (χ0) is 13.0. The van der Waals surface area contributed by atoms with Crippen molar-refractivity contribution in [2.45, 2.75) is 19.5 Å².